The van der Waals surface area contributed by atoms with Crippen molar-refractivity contribution in [3.05, 3.63) is 77.9 Å². The van der Waals surface area contributed by atoms with Crippen LogP contribution in [-0.4, -0.2) is 37.8 Å². The Bertz CT molecular complexity index is 1350. The molecule has 204 valence electrons. The van der Waals surface area contributed by atoms with E-state index in [1.54, 1.807) is 14.2 Å². The van der Waals surface area contributed by atoms with Gasteiger partial charge in [-0.3, -0.25) is 9.79 Å². The highest BCUT2D eigenvalue weighted by molar-refractivity contribution is 6.11. The molecule has 1 fully saturated rings. The zero-order valence-corrected chi connectivity index (χ0v) is 23.8. The molecule has 1 N–H and O–H groups in total. The van der Waals surface area contributed by atoms with Crippen molar-refractivity contribution in [1.29, 1.82) is 0 Å². The number of hydrogen-bond acceptors (Lipinski definition) is 6. The van der Waals surface area contributed by atoms with Crippen molar-refractivity contribution >= 4 is 28.6 Å². The third-order valence-electron chi connectivity index (χ3n) is 7.97. The van der Waals surface area contributed by atoms with E-state index in [-0.39, 0.29) is 23.7 Å². The van der Waals surface area contributed by atoms with E-state index >= 15 is 0 Å². The third kappa shape index (κ3) is 5.25. The van der Waals surface area contributed by atoms with Crippen LogP contribution in [0.2, 0.25) is 0 Å². The zero-order chi connectivity index (χ0) is 27.7. The number of aliphatic imine (C=N–C) groups is 1. The van der Waals surface area contributed by atoms with Crippen molar-refractivity contribution < 1.29 is 14.3 Å². The van der Waals surface area contributed by atoms with Gasteiger partial charge in [-0.2, -0.15) is 0 Å². The molecule has 6 heteroatoms. The second kappa shape index (κ2) is 11.1. The second-order valence-corrected chi connectivity index (χ2v) is 11.1. The molecule has 0 amide bonds. The van der Waals surface area contributed by atoms with Gasteiger partial charge in [-0.05, 0) is 75.9 Å². The number of ketones is 1. The molecule has 3 unspecified atom stereocenters. The number of hydrogen-bond donors (Lipinski definition) is 1. The first-order valence-corrected chi connectivity index (χ1v) is 13.9. The largest absolute Gasteiger partial charge is 0.497 e. The van der Waals surface area contributed by atoms with Gasteiger partial charge in [0.25, 0.3) is 0 Å². The number of rotatable bonds is 7. The van der Waals surface area contributed by atoms with Crippen LogP contribution in [0.25, 0.3) is 0 Å². The molecule has 1 aliphatic carbocycles. The summed E-state index contributed by atoms with van der Waals surface area (Å²) in [5.74, 6) is 1.49. The summed E-state index contributed by atoms with van der Waals surface area (Å²) in [7, 11) is 3.37. The van der Waals surface area contributed by atoms with E-state index in [0.717, 1.165) is 51.8 Å². The van der Waals surface area contributed by atoms with Gasteiger partial charge in [-0.15, -0.1) is 0 Å². The zero-order valence-electron chi connectivity index (χ0n) is 23.8. The molecule has 0 spiro atoms. The van der Waals surface area contributed by atoms with Crippen molar-refractivity contribution in [2.24, 2.45) is 10.9 Å². The summed E-state index contributed by atoms with van der Waals surface area (Å²) in [5.41, 5.74) is 5.93. The normalized spacial score (nSPS) is 20.5. The van der Waals surface area contributed by atoms with Gasteiger partial charge in [0.1, 0.15) is 17.3 Å². The van der Waals surface area contributed by atoms with Gasteiger partial charge in [0, 0.05) is 41.5 Å². The van der Waals surface area contributed by atoms with Gasteiger partial charge < -0.3 is 19.7 Å². The molecule has 3 atom stereocenters. The van der Waals surface area contributed by atoms with Gasteiger partial charge in [0.2, 0.25) is 0 Å². The van der Waals surface area contributed by atoms with Gasteiger partial charge in [-0.1, -0.05) is 30.3 Å². The SMILES string of the molecule is COc1ccc(C2CC(=O)C3C(=Nc4ccccc4NC3c3ccc(N(C(C)C)C(C)C)cc3OC)C2)cc1. The van der Waals surface area contributed by atoms with Gasteiger partial charge in [0.05, 0.1) is 37.6 Å². The molecular weight excluding hydrogens is 486 g/mol. The maximum Gasteiger partial charge on any atom is 0.144 e. The minimum absolute atomic E-state index is 0.0826. The summed E-state index contributed by atoms with van der Waals surface area (Å²) in [4.78, 5) is 21.5. The van der Waals surface area contributed by atoms with Crippen LogP contribution in [0.5, 0.6) is 11.5 Å². The summed E-state index contributed by atoms with van der Waals surface area (Å²) in [5, 5.41) is 3.70. The fraction of sp³-hybridized carbons (Fsp3) is 0.394. The molecule has 3 aromatic carbocycles. The average Bonchev–Trinajstić information content (AvgIpc) is 3.09. The van der Waals surface area contributed by atoms with Crippen LogP contribution in [-0.2, 0) is 4.79 Å². The van der Waals surface area contributed by atoms with Crippen LogP contribution in [0.4, 0.5) is 17.1 Å². The lowest BCUT2D eigenvalue weighted by atomic mass is 9.72. The molecule has 1 heterocycles. The molecule has 1 aliphatic heterocycles. The number of carbonyl (C=O) groups excluding carboxylic acids is 1. The Morgan fingerprint density at radius 3 is 2.28 bits per heavy atom. The van der Waals surface area contributed by atoms with E-state index in [1.807, 2.05) is 36.4 Å². The Morgan fingerprint density at radius 1 is 0.897 bits per heavy atom. The molecule has 2 aliphatic rings. The van der Waals surface area contributed by atoms with Gasteiger partial charge in [0.15, 0.2) is 0 Å². The number of benzene rings is 3. The van der Waals surface area contributed by atoms with Crippen molar-refractivity contribution in [3.8, 4) is 11.5 Å². The molecule has 39 heavy (non-hydrogen) atoms. The van der Waals surface area contributed by atoms with Gasteiger partial charge >= 0.3 is 0 Å². The predicted octanol–water partition coefficient (Wildman–Crippen LogP) is 7.33. The Balaban J connectivity index is 1.56. The lowest BCUT2D eigenvalue weighted by molar-refractivity contribution is -0.122. The summed E-state index contributed by atoms with van der Waals surface area (Å²) in [6.45, 7) is 8.80. The standard InChI is InChI=1S/C33H39N3O3/c1-20(2)36(21(3)4)24-13-16-26(31(19-24)39-6)33-32-29(34-27-9-7-8-10-28(27)35-33)17-23(18-30(32)37)22-11-14-25(38-5)15-12-22/h7-16,19-21,23,32-33,35H,17-18H2,1-6H3. The molecule has 5 rings (SSSR count). The van der Waals surface area contributed by atoms with Crippen LogP contribution in [0.3, 0.4) is 0 Å². The second-order valence-electron chi connectivity index (χ2n) is 11.1. The molecule has 0 aromatic heterocycles. The van der Waals surface area contributed by atoms with E-state index in [4.69, 9.17) is 14.5 Å². The number of anilines is 2. The maximum atomic E-state index is 14.0. The van der Waals surface area contributed by atoms with Crippen molar-refractivity contribution in [3.63, 3.8) is 0 Å². The van der Waals surface area contributed by atoms with E-state index in [0.29, 0.717) is 18.5 Å². The monoisotopic (exact) mass is 525 g/mol. The highest BCUT2D eigenvalue weighted by Crippen LogP contribution is 2.46. The highest BCUT2D eigenvalue weighted by Gasteiger charge is 2.42. The van der Waals surface area contributed by atoms with Crippen LogP contribution >= 0.6 is 0 Å². The number of nitrogens with one attached hydrogen (secondary N) is 1. The topological polar surface area (TPSA) is 63.2 Å². The molecule has 0 saturated heterocycles. The van der Waals surface area contributed by atoms with Crippen LogP contribution in [0.1, 0.15) is 63.6 Å². The molecule has 1 saturated carbocycles. The lowest BCUT2D eigenvalue weighted by Crippen LogP contribution is -2.39. The molecule has 0 bridgehead atoms. The van der Waals surface area contributed by atoms with Crippen molar-refractivity contribution in [1.82, 2.24) is 0 Å². The van der Waals surface area contributed by atoms with Crippen LogP contribution in [0.15, 0.2) is 71.7 Å². The first-order valence-electron chi connectivity index (χ1n) is 13.9. The number of methoxy groups -OCH3 is 2. The molecular formula is C33H39N3O3. The number of Topliss-reactive ketones (excluding diaryl/α,β-unsaturated/α-hetero) is 1. The fourth-order valence-corrected chi connectivity index (χ4v) is 6.28. The Kier molecular flexibility index (Phi) is 7.65. The highest BCUT2D eigenvalue weighted by atomic mass is 16.5. The first kappa shape index (κ1) is 26.8. The van der Waals surface area contributed by atoms with Crippen LogP contribution in [0, 0.1) is 5.92 Å². The van der Waals surface area contributed by atoms with Crippen molar-refractivity contribution in [2.45, 2.75) is 64.6 Å². The number of carbonyl (C=O) groups is 1. The summed E-state index contributed by atoms with van der Waals surface area (Å²) >= 11 is 0. The molecule has 0 radical (unpaired) electrons. The Labute approximate surface area is 232 Å². The van der Waals surface area contributed by atoms with Crippen LogP contribution < -0.4 is 19.7 Å². The predicted molar refractivity (Wildman–Crippen MR) is 159 cm³/mol. The summed E-state index contributed by atoms with van der Waals surface area (Å²) < 4.78 is 11.3. The van der Waals surface area contributed by atoms with Crippen molar-refractivity contribution in [2.75, 3.05) is 24.4 Å². The third-order valence-corrected chi connectivity index (χ3v) is 7.97. The number of nitrogens with zero attached hydrogens (tertiary/aromatic N) is 2. The maximum absolute atomic E-state index is 14.0. The number of ether oxygens (including phenoxy) is 2. The first-order chi connectivity index (χ1) is 18.8. The number of para-hydroxylation sites is 2. The Morgan fingerprint density at radius 2 is 1.62 bits per heavy atom. The fourth-order valence-electron chi connectivity index (χ4n) is 6.28. The molecule has 6 nitrogen and oxygen atoms in total. The Hall–Kier alpha value is -3.80. The lowest BCUT2D eigenvalue weighted by Gasteiger charge is -2.36. The smallest absolute Gasteiger partial charge is 0.144 e. The summed E-state index contributed by atoms with van der Waals surface area (Å²) in [6.07, 6.45) is 1.20. The number of fused-ring (bicyclic) bond motifs is 2. The van der Waals surface area contributed by atoms with E-state index in [9.17, 15) is 4.79 Å². The quantitative estimate of drug-likeness (QED) is 0.350. The van der Waals surface area contributed by atoms with E-state index in [1.165, 1.54) is 0 Å². The van der Waals surface area contributed by atoms with E-state index < -0.39 is 0 Å². The minimum Gasteiger partial charge on any atom is -0.497 e. The summed E-state index contributed by atoms with van der Waals surface area (Å²) in [6, 6.07) is 22.9. The van der Waals surface area contributed by atoms with Gasteiger partial charge in [-0.25, -0.2) is 0 Å². The van der Waals surface area contributed by atoms with E-state index in [2.05, 4.69) is 68.2 Å². The minimum atomic E-state index is -0.377. The average molecular weight is 526 g/mol. The molecule has 3 aromatic rings.